The van der Waals surface area contributed by atoms with E-state index >= 15 is 0 Å². The van der Waals surface area contributed by atoms with Crippen molar-refractivity contribution in [2.24, 2.45) is 5.10 Å². The molecule has 0 amide bonds. The van der Waals surface area contributed by atoms with Crippen LogP contribution in [0.1, 0.15) is 22.8 Å². The van der Waals surface area contributed by atoms with Gasteiger partial charge in [0.25, 0.3) is 0 Å². The first kappa shape index (κ1) is 19.2. The zero-order chi connectivity index (χ0) is 18.6. The first-order chi connectivity index (χ1) is 12.4. The number of benzene rings is 2. The zero-order valence-electron chi connectivity index (χ0n) is 13.7. The van der Waals surface area contributed by atoms with E-state index in [4.69, 9.17) is 39.5 Å². The summed E-state index contributed by atoms with van der Waals surface area (Å²) in [4.78, 5) is 0. The lowest BCUT2D eigenvalue weighted by molar-refractivity contribution is 0.0154. The molecule has 2 aromatic rings. The molecule has 0 bridgehead atoms. The number of nitrogens with one attached hydrogen (secondary N) is 1. The monoisotopic (exact) mass is 415 g/mol. The van der Waals surface area contributed by atoms with Crippen LogP contribution >= 0.6 is 34.8 Å². The van der Waals surface area contributed by atoms with Crippen molar-refractivity contribution in [3.05, 3.63) is 71.0 Å². The fourth-order valence-corrected chi connectivity index (χ4v) is 3.21. The first-order valence-electron chi connectivity index (χ1n) is 7.96. The average Bonchev–Trinajstić information content (AvgIpc) is 3.12. The molecule has 138 valence electrons. The number of rotatable bonds is 6. The Bertz CT molecular complexity index is 765. The maximum absolute atomic E-state index is 13.3. The maximum atomic E-state index is 13.3. The number of hydrogen-bond acceptors (Lipinski definition) is 4. The molecule has 4 nitrogen and oxygen atoms in total. The van der Waals surface area contributed by atoms with Crippen molar-refractivity contribution in [2.45, 2.75) is 16.5 Å². The lowest BCUT2D eigenvalue weighted by Gasteiger charge is -2.24. The minimum atomic E-state index is -1.53. The normalized spacial score (nSPS) is 15.2. The molecule has 1 aliphatic rings. The van der Waals surface area contributed by atoms with Crippen molar-refractivity contribution >= 4 is 41.1 Å². The summed E-state index contributed by atoms with van der Waals surface area (Å²) in [5, 5.41) is 9.05. The summed E-state index contributed by atoms with van der Waals surface area (Å²) in [6, 6.07) is 13.5. The Morgan fingerprint density at radius 1 is 1.15 bits per heavy atom. The highest BCUT2D eigenvalue weighted by Crippen LogP contribution is 2.40. The largest absolute Gasteiger partial charge is 0.367 e. The van der Waals surface area contributed by atoms with Gasteiger partial charge < -0.3 is 10.1 Å². The molecular formula is C18H17Cl3FN3O. The lowest BCUT2D eigenvalue weighted by Crippen LogP contribution is -2.27. The molecule has 1 aliphatic heterocycles. The molecule has 8 heteroatoms. The molecule has 0 aromatic heterocycles. The molecule has 0 spiro atoms. The van der Waals surface area contributed by atoms with Crippen LogP contribution in [0.25, 0.3) is 0 Å². The molecule has 1 heterocycles. The van der Waals surface area contributed by atoms with E-state index in [1.165, 1.54) is 12.1 Å². The molecule has 1 N–H and O–H groups in total. The third-order valence-electron chi connectivity index (χ3n) is 3.97. The number of hydrogen-bond donors (Lipinski definition) is 1. The van der Waals surface area contributed by atoms with Crippen molar-refractivity contribution in [1.29, 1.82) is 0 Å². The van der Waals surface area contributed by atoms with Gasteiger partial charge in [-0.15, -0.1) is 0 Å². The second kappa shape index (κ2) is 8.44. The molecular weight excluding hydrogens is 400 g/mol. The Balaban J connectivity index is 1.78. The first-order valence-corrected chi connectivity index (χ1v) is 9.10. The van der Waals surface area contributed by atoms with Gasteiger partial charge in [-0.2, -0.15) is 5.10 Å². The molecule has 0 aliphatic carbocycles. The average molecular weight is 417 g/mol. The predicted molar refractivity (Wildman–Crippen MR) is 103 cm³/mol. The lowest BCUT2D eigenvalue weighted by atomic mass is 10.1. The highest BCUT2D eigenvalue weighted by Gasteiger charge is 2.26. The Morgan fingerprint density at radius 3 is 2.54 bits per heavy atom. The van der Waals surface area contributed by atoms with Crippen LogP contribution in [0.5, 0.6) is 0 Å². The highest BCUT2D eigenvalue weighted by atomic mass is 35.6. The predicted octanol–water partition coefficient (Wildman–Crippen LogP) is 4.72. The fourth-order valence-electron chi connectivity index (χ4n) is 2.66. The maximum Gasteiger partial charge on any atom is 0.216 e. The number of ether oxygens (including phenoxy) is 1. The minimum Gasteiger partial charge on any atom is -0.367 e. The molecule has 0 radical (unpaired) electrons. The van der Waals surface area contributed by atoms with Crippen LogP contribution in [-0.2, 0) is 15.1 Å². The number of halogens is 4. The highest BCUT2D eigenvalue weighted by molar-refractivity contribution is 6.66. The van der Waals surface area contributed by atoms with Crippen molar-refractivity contribution in [3.8, 4) is 0 Å². The van der Waals surface area contributed by atoms with Crippen molar-refractivity contribution in [2.75, 3.05) is 13.2 Å². The van der Waals surface area contributed by atoms with Gasteiger partial charge in [-0.05, 0) is 23.3 Å². The SMILES string of the molecule is Fc1ccc(C(CN2CNC=N2)OCc2ccccc2C(Cl)(Cl)Cl)cc1. The van der Waals surface area contributed by atoms with Gasteiger partial charge in [0.05, 0.1) is 13.2 Å². The van der Waals surface area contributed by atoms with Crippen LogP contribution in [0.15, 0.2) is 53.6 Å². The van der Waals surface area contributed by atoms with E-state index in [-0.39, 0.29) is 18.5 Å². The van der Waals surface area contributed by atoms with Crippen LogP contribution < -0.4 is 5.32 Å². The Labute approximate surface area is 166 Å². The van der Waals surface area contributed by atoms with E-state index in [1.54, 1.807) is 24.5 Å². The van der Waals surface area contributed by atoms with Crippen molar-refractivity contribution in [3.63, 3.8) is 0 Å². The molecule has 26 heavy (non-hydrogen) atoms. The topological polar surface area (TPSA) is 36.9 Å². The smallest absolute Gasteiger partial charge is 0.216 e. The van der Waals surface area contributed by atoms with Gasteiger partial charge >= 0.3 is 0 Å². The van der Waals surface area contributed by atoms with E-state index < -0.39 is 3.79 Å². The minimum absolute atomic E-state index is 0.247. The number of hydrazone groups is 1. The van der Waals surface area contributed by atoms with Gasteiger partial charge in [0.1, 0.15) is 24.9 Å². The number of nitrogens with zero attached hydrogens (tertiary/aromatic N) is 2. The van der Waals surface area contributed by atoms with E-state index in [0.717, 1.165) is 11.1 Å². The summed E-state index contributed by atoms with van der Waals surface area (Å²) >= 11 is 18.1. The van der Waals surface area contributed by atoms with Crippen molar-refractivity contribution in [1.82, 2.24) is 10.3 Å². The second-order valence-corrected chi connectivity index (χ2v) is 8.08. The Kier molecular flexibility index (Phi) is 6.24. The third kappa shape index (κ3) is 5.01. The molecule has 3 rings (SSSR count). The van der Waals surface area contributed by atoms with Gasteiger partial charge in [-0.1, -0.05) is 71.2 Å². The Morgan fingerprint density at radius 2 is 1.88 bits per heavy atom. The molecule has 0 fully saturated rings. The van der Waals surface area contributed by atoms with Gasteiger partial charge in [0.15, 0.2) is 0 Å². The molecule has 2 aromatic carbocycles. The van der Waals surface area contributed by atoms with E-state index in [2.05, 4.69) is 10.4 Å². The molecule has 1 unspecified atom stereocenters. The van der Waals surface area contributed by atoms with Crippen LogP contribution in [0.2, 0.25) is 0 Å². The van der Waals surface area contributed by atoms with Crippen LogP contribution in [0.3, 0.4) is 0 Å². The van der Waals surface area contributed by atoms with Crippen LogP contribution in [0, 0.1) is 5.82 Å². The van der Waals surface area contributed by atoms with E-state index in [1.807, 2.05) is 23.2 Å². The van der Waals surface area contributed by atoms with Crippen LogP contribution in [0.4, 0.5) is 4.39 Å². The summed E-state index contributed by atoms with van der Waals surface area (Å²) in [6.45, 7) is 1.34. The van der Waals surface area contributed by atoms with E-state index in [0.29, 0.717) is 18.8 Å². The zero-order valence-corrected chi connectivity index (χ0v) is 16.0. The second-order valence-electron chi connectivity index (χ2n) is 5.80. The standard InChI is InChI=1S/C18H17Cl3FN3O/c19-18(20,21)16-4-2-1-3-14(16)10-26-17(9-25-12-23-11-24-25)13-5-7-15(22)8-6-13/h1-8,11,17H,9-10,12H2,(H,23,24). The fraction of sp³-hybridized carbons (Fsp3) is 0.278. The Hall–Kier alpha value is -1.53. The number of alkyl halides is 3. The van der Waals surface area contributed by atoms with Crippen molar-refractivity contribution < 1.29 is 9.13 Å². The molecule has 0 saturated carbocycles. The van der Waals surface area contributed by atoms with E-state index in [9.17, 15) is 4.39 Å². The molecule has 1 atom stereocenters. The van der Waals surface area contributed by atoms with Gasteiger partial charge in [-0.25, -0.2) is 4.39 Å². The quantitative estimate of drug-likeness (QED) is 0.693. The summed E-state index contributed by atoms with van der Waals surface area (Å²) in [7, 11) is 0. The van der Waals surface area contributed by atoms with Gasteiger partial charge in [-0.3, -0.25) is 5.01 Å². The van der Waals surface area contributed by atoms with Gasteiger partial charge in [0, 0.05) is 5.56 Å². The summed E-state index contributed by atoms with van der Waals surface area (Å²) < 4.78 is 17.8. The summed E-state index contributed by atoms with van der Waals surface area (Å²) in [5.74, 6) is -0.296. The summed E-state index contributed by atoms with van der Waals surface area (Å²) in [6.07, 6.45) is 1.30. The van der Waals surface area contributed by atoms with Gasteiger partial charge in [0.2, 0.25) is 3.79 Å². The third-order valence-corrected chi connectivity index (χ3v) is 4.58. The molecule has 0 saturated heterocycles. The summed E-state index contributed by atoms with van der Waals surface area (Å²) in [5.41, 5.74) is 2.20. The van der Waals surface area contributed by atoms with Crippen LogP contribution in [-0.4, -0.2) is 24.6 Å².